The van der Waals surface area contributed by atoms with Crippen LogP contribution < -0.4 is 5.32 Å². The Kier molecular flexibility index (Phi) is 5.39. The summed E-state index contributed by atoms with van der Waals surface area (Å²) < 4.78 is 11.9. The van der Waals surface area contributed by atoms with E-state index in [0.29, 0.717) is 5.69 Å². The Bertz CT molecular complexity index is 783. The molecule has 0 bridgehead atoms. The fraction of sp³-hybridized carbons (Fsp3) is 0.421. The van der Waals surface area contributed by atoms with Crippen LogP contribution >= 0.6 is 0 Å². The van der Waals surface area contributed by atoms with Crippen LogP contribution in [0, 0.1) is 0 Å². The van der Waals surface area contributed by atoms with E-state index in [4.69, 9.17) is 9.47 Å². The Balaban J connectivity index is 2.41. The summed E-state index contributed by atoms with van der Waals surface area (Å²) in [6, 6.07) is 9.26. The van der Waals surface area contributed by atoms with Crippen molar-refractivity contribution in [3.63, 3.8) is 0 Å². The van der Waals surface area contributed by atoms with E-state index in [0.717, 1.165) is 5.56 Å². The fourth-order valence-corrected chi connectivity index (χ4v) is 2.14. The summed E-state index contributed by atoms with van der Waals surface area (Å²) in [5, 5.41) is 2.51. The number of hydrogen-bond acceptors (Lipinski definition) is 5. The summed E-state index contributed by atoms with van der Waals surface area (Å²) in [6.45, 7) is 10.6. The van der Waals surface area contributed by atoms with Gasteiger partial charge in [-0.25, -0.2) is 19.1 Å². The number of nitrogens with zero attached hydrogens (tertiary/aromatic N) is 2. The quantitative estimate of drug-likeness (QED) is 0.842. The Morgan fingerprint density at radius 1 is 0.962 bits per heavy atom. The first kappa shape index (κ1) is 19.5. The van der Waals surface area contributed by atoms with Crippen molar-refractivity contribution >= 4 is 18.1 Å². The van der Waals surface area contributed by atoms with Crippen LogP contribution in [0.1, 0.15) is 41.5 Å². The van der Waals surface area contributed by atoms with Crippen molar-refractivity contribution in [2.75, 3.05) is 5.32 Å². The van der Waals surface area contributed by atoms with Gasteiger partial charge < -0.3 is 9.47 Å². The highest BCUT2D eigenvalue weighted by atomic mass is 16.6. The second kappa shape index (κ2) is 7.19. The summed E-state index contributed by atoms with van der Waals surface area (Å²) in [7, 11) is 0. The highest BCUT2D eigenvalue weighted by molar-refractivity contribution is 5.88. The van der Waals surface area contributed by atoms with Gasteiger partial charge in [0.05, 0.1) is 11.9 Å². The highest BCUT2D eigenvalue weighted by Crippen LogP contribution is 2.25. The summed E-state index contributed by atoms with van der Waals surface area (Å²) in [6.07, 6.45) is 0.166. The van der Waals surface area contributed by atoms with E-state index < -0.39 is 23.4 Å². The minimum absolute atomic E-state index is 0.0346. The summed E-state index contributed by atoms with van der Waals surface area (Å²) >= 11 is 0. The number of carbonyl (C=O) groups is 2. The van der Waals surface area contributed by atoms with E-state index in [1.807, 2.05) is 30.3 Å². The van der Waals surface area contributed by atoms with Crippen molar-refractivity contribution in [2.24, 2.45) is 0 Å². The number of carbonyl (C=O) groups excluding carboxylic acids is 2. The van der Waals surface area contributed by atoms with Crippen LogP contribution in [-0.4, -0.2) is 32.9 Å². The second-order valence-electron chi connectivity index (χ2n) is 7.78. The van der Waals surface area contributed by atoms with E-state index in [1.54, 1.807) is 41.5 Å². The molecule has 0 aliphatic carbocycles. The third-order valence-electron chi connectivity index (χ3n) is 3.02. The van der Waals surface area contributed by atoms with Crippen LogP contribution in [0.2, 0.25) is 0 Å². The molecule has 0 fully saturated rings. The molecule has 0 radical (unpaired) electrons. The Morgan fingerprint density at radius 3 is 2.08 bits per heavy atom. The topological polar surface area (TPSA) is 82.5 Å². The fourth-order valence-electron chi connectivity index (χ4n) is 2.14. The number of amides is 1. The number of nitrogens with one attached hydrogen (secondary N) is 1. The molecule has 2 rings (SSSR count). The largest absolute Gasteiger partial charge is 0.444 e. The molecule has 1 heterocycles. The number of hydrogen-bond donors (Lipinski definition) is 1. The predicted molar refractivity (Wildman–Crippen MR) is 99.2 cm³/mol. The third kappa shape index (κ3) is 5.34. The van der Waals surface area contributed by atoms with Gasteiger partial charge in [0, 0.05) is 5.56 Å². The van der Waals surface area contributed by atoms with E-state index in [1.165, 1.54) is 10.8 Å². The summed E-state index contributed by atoms with van der Waals surface area (Å²) in [5.41, 5.74) is -0.0947. The Hall–Kier alpha value is -2.83. The molecule has 1 amide bonds. The molecular weight excluding hydrogens is 334 g/mol. The molecule has 2 aromatic rings. The van der Waals surface area contributed by atoms with E-state index in [-0.39, 0.29) is 5.95 Å². The monoisotopic (exact) mass is 359 g/mol. The minimum atomic E-state index is -0.701. The predicted octanol–water partition coefficient (Wildman–Crippen LogP) is 4.68. The van der Waals surface area contributed by atoms with Crippen LogP contribution in [0.4, 0.5) is 15.5 Å². The van der Waals surface area contributed by atoms with Crippen LogP contribution in [0.25, 0.3) is 11.3 Å². The normalized spacial score (nSPS) is 11.8. The van der Waals surface area contributed by atoms with E-state index >= 15 is 0 Å². The summed E-state index contributed by atoms with van der Waals surface area (Å²) in [5.74, 6) is 0.0346. The molecule has 0 spiro atoms. The molecule has 1 aromatic carbocycles. The van der Waals surface area contributed by atoms with Gasteiger partial charge in [0.25, 0.3) is 0 Å². The van der Waals surface area contributed by atoms with Crippen molar-refractivity contribution in [1.29, 1.82) is 0 Å². The number of anilines is 1. The zero-order valence-electron chi connectivity index (χ0n) is 16.0. The van der Waals surface area contributed by atoms with Crippen LogP contribution in [-0.2, 0) is 9.47 Å². The average molecular weight is 359 g/mol. The third-order valence-corrected chi connectivity index (χ3v) is 3.02. The van der Waals surface area contributed by atoms with Crippen LogP contribution in [0.5, 0.6) is 0 Å². The van der Waals surface area contributed by atoms with Crippen LogP contribution in [0.15, 0.2) is 36.5 Å². The molecule has 0 aliphatic rings. The van der Waals surface area contributed by atoms with Gasteiger partial charge in [0.15, 0.2) is 0 Å². The van der Waals surface area contributed by atoms with Crippen molar-refractivity contribution in [3.05, 3.63) is 36.5 Å². The number of aromatic nitrogens is 2. The van der Waals surface area contributed by atoms with Crippen molar-refractivity contribution in [1.82, 2.24) is 9.55 Å². The van der Waals surface area contributed by atoms with Gasteiger partial charge in [-0.2, -0.15) is 0 Å². The van der Waals surface area contributed by atoms with Gasteiger partial charge in [-0.15, -0.1) is 0 Å². The molecule has 0 atom stereocenters. The number of rotatable bonds is 2. The Labute approximate surface area is 153 Å². The lowest BCUT2D eigenvalue weighted by Crippen LogP contribution is -2.31. The van der Waals surface area contributed by atoms with Gasteiger partial charge in [0.2, 0.25) is 5.95 Å². The smallest absolute Gasteiger partial charge is 0.421 e. The lowest BCUT2D eigenvalue weighted by Gasteiger charge is -2.22. The maximum atomic E-state index is 12.7. The molecule has 0 unspecified atom stereocenters. The maximum Gasteiger partial charge on any atom is 0.421 e. The summed E-state index contributed by atoms with van der Waals surface area (Å²) in [4.78, 5) is 29.0. The molecule has 1 N–H and O–H groups in total. The van der Waals surface area contributed by atoms with Gasteiger partial charge in [-0.3, -0.25) is 5.32 Å². The first-order valence-electron chi connectivity index (χ1n) is 8.33. The first-order chi connectivity index (χ1) is 12.0. The molecule has 0 saturated carbocycles. The highest BCUT2D eigenvalue weighted by Gasteiger charge is 2.26. The standard InChI is InChI=1S/C19H25N3O4/c1-18(2,3)25-16(23)21-15-20-12-14(13-10-8-7-9-11-13)22(15)17(24)26-19(4,5)6/h7-12H,1-6H3,(H,20,21,23). The van der Waals surface area contributed by atoms with Crippen molar-refractivity contribution < 1.29 is 19.1 Å². The van der Waals surface area contributed by atoms with E-state index in [9.17, 15) is 9.59 Å². The number of imidazole rings is 1. The van der Waals surface area contributed by atoms with Crippen molar-refractivity contribution in [2.45, 2.75) is 52.7 Å². The molecule has 1 aromatic heterocycles. The average Bonchev–Trinajstić information content (AvgIpc) is 2.88. The van der Waals surface area contributed by atoms with Gasteiger partial charge in [-0.05, 0) is 41.5 Å². The molecule has 26 heavy (non-hydrogen) atoms. The number of ether oxygens (including phenoxy) is 2. The zero-order valence-corrected chi connectivity index (χ0v) is 16.0. The van der Waals surface area contributed by atoms with Crippen molar-refractivity contribution in [3.8, 4) is 11.3 Å². The minimum Gasteiger partial charge on any atom is -0.444 e. The van der Waals surface area contributed by atoms with E-state index in [2.05, 4.69) is 10.3 Å². The van der Waals surface area contributed by atoms with Gasteiger partial charge in [-0.1, -0.05) is 30.3 Å². The second-order valence-corrected chi connectivity index (χ2v) is 7.78. The maximum absolute atomic E-state index is 12.7. The zero-order chi connectivity index (χ0) is 19.5. The SMILES string of the molecule is CC(C)(C)OC(=O)Nc1ncc(-c2ccccc2)n1C(=O)OC(C)(C)C. The first-order valence-corrected chi connectivity index (χ1v) is 8.33. The number of benzene rings is 1. The lowest BCUT2D eigenvalue weighted by atomic mass is 10.2. The molecule has 7 heteroatoms. The molecule has 7 nitrogen and oxygen atoms in total. The molecular formula is C19H25N3O4. The molecule has 0 aliphatic heterocycles. The lowest BCUT2D eigenvalue weighted by molar-refractivity contribution is 0.0542. The van der Waals surface area contributed by atoms with Gasteiger partial charge >= 0.3 is 12.2 Å². The van der Waals surface area contributed by atoms with Gasteiger partial charge in [0.1, 0.15) is 11.2 Å². The molecule has 0 saturated heterocycles. The molecule has 140 valence electrons. The van der Waals surface area contributed by atoms with Crippen LogP contribution in [0.3, 0.4) is 0 Å². The Morgan fingerprint density at radius 2 is 1.54 bits per heavy atom.